The van der Waals surface area contributed by atoms with Gasteiger partial charge in [-0.3, -0.25) is 9.59 Å². The minimum atomic E-state index is -1.28. The van der Waals surface area contributed by atoms with Crippen LogP contribution < -0.4 is 4.74 Å². The first-order valence-corrected chi connectivity index (χ1v) is 8.03. The minimum Gasteiger partial charge on any atom is -0.493 e. The van der Waals surface area contributed by atoms with Gasteiger partial charge in [-0.2, -0.15) is 0 Å². The smallest absolute Gasteiger partial charge is 0.317 e. The second-order valence-electron chi connectivity index (χ2n) is 5.85. The van der Waals surface area contributed by atoms with E-state index >= 15 is 0 Å². The molecule has 2 aliphatic rings. The summed E-state index contributed by atoms with van der Waals surface area (Å²) in [7, 11) is 0. The fraction of sp³-hybridized carbons (Fsp3) is 0.500. The molecule has 5 heteroatoms. The van der Waals surface area contributed by atoms with Gasteiger partial charge in [-0.15, -0.1) is 0 Å². The lowest BCUT2D eigenvalue weighted by molar-refractivity contribution is -0.157. The number of Topliss-reactive ketones (excluding diaryl/α,β-unsaturated/α-hetero) is 1. The summed E-state index contributed by atoms with van der Waals surface area (Å²) >= 11 is 3.46. The molecule has 21 heavy (non-hydrogen) atoms. The number of benzene rings is 1. The monoisotopic (exact) mass is 352 g/mol. The summed E-state index contributed by atoms with van der Waals surface area (Å²) in [6.07, 6.45) is 3.42. The predicted octanol–water partition coefficient (Wildman–Crippen LogP) is 3.14. The van der Waals surface area contributed by atoms with Gasteiger partial charge in [0.1, 0.15) is 11.2 Å². The van der Waals surface area contributed by atoms with Crippen molar-refractivity contribution in [3.8, 4) is 5.75 Å². The topological polar surface area (TPSA) is 63.6 Å². The Balaban J connectivity index is 2.01. The van der Waals surface area contributed by atoms with Crippen molar-refractivity contribution in [3.05, 3.63) is 27.7 Å². The maximum Gasteiger partial charge on any atom is 0.317 e. The molecule has 1 unspecified atom stereocenters. The molecule has 0 spiro atoms. The number of aliphatic carboxylic acids is 1. The van der Waals surface area contributed by atoms with Crippen LogP contribution in [0.3, 0.4) is 0 Å². The summed E-state index contributed by atoms with van der Waals surface area (Å²) in [5.41, 5.74) is 0.636. The summed E-state index contributed by atoms with van der Waals surface area (Å²) in [6, 6.07) is 3.89. The molecule has 1 atom stereocenters. The van der Waals surface area contributed by atoms with Crippen molar-refractivity contribution in [1.82, 2.24) is 0 Å². The van der Waals surface area contributed by atoms with E-state index < -0.39 is 11.4 Å². The van der Waals surface area contributed by atoms with Crippen LogP contribution in [-0.2, 0) is 22.4 Å². The van der Waals surface area contributed by atoms with Crippen molar-refractivity contribution in [2.45, 2.75) is 38.5 Å². The van der Waals surface area contributed by atoms with Gasteiger partial charge in [0.25, 0.3) is 0 Å². The lowest BCUT2D eigenvalue weighted by Gasteiger charge is -2.32. The Bertz CT molecular complexity index is 611. The molecule has 3 rings (SSSR count). The van der Waals surface area contributed by atoms with Crippen LogP contribution in [-0.4, -0.2) is 23.5 Å². The molecule has 0 saturated heterocycles. The largest absolute Gasteiger partial charge is 0.493 e. The van der Waals surface area contributed by atoms with E-state index in [1.165, 1.54) is 0 Å². The number of carboxylic acids is 1. The van der Waals surface area contributed by atoms with Crippen LogP contribution in [0.15, 0.2) is 16.6 Å². The van der Waals surface area contributed by atoms with Gasteiger partial charge in [-0.1, -0.05) is 22.4 Å². The normalized spacial score (nSPS) is 24.5. The van der Waals surface area contributed by atoms with Crippen molar-refractivity contribution in [2.75, 3.05) is 6.61 Å². The first kappa shape index (κ1) is 14.6. The Morgan fingerprint density at radius 1 is 1.33 bits per heavy atom. The summed E-state index contributed by atoms with van der Waals surface area (Å²) in [4.78, 5) is 24.1. The second-order valence-corrected chi connectivity index (χ2v) is 6.76. The molecule has 0 bridgehead atoms. The summed E-state index contributed by atoms with van der Waals surface area (Å²) < 4.78 is 6.57. The van der Waals surface area contributed by atoms with E-state index in [1.807, 2.05) is 12.1 Å². The molecule has 1 aromatic carbocycles. The van der Waals surface area contributed by atoms with E-state index in [2.05, 4.69) is 15.9 Å². The van der Waals surface area contributed by atoms with Gasteiger partial charge in [0.15, 0.2) is 5.78 Å². The Morgan fingerprint density at radius 3 is 2.86 bits per heavy atom. The predicted molar refractivity (Wildman–Crippen MR) is 80.6 cm³/mol. The highest BCUT2D eigenvalue weighted by Crippen LogP contribution is 2.41. The number of carboxylic acid groups (broad SMARTS) is 1. The Labute approximate surface area is 131 Å². The lowest BCUT2D eigenvalue weighted by Crippen LogP contribution is -2.43. The highest BCUT2D eigenvalue weighted by molar-refractivity contribution is 9.10. The average Bonchev–Trinajstić information content (AvgIpc) is 2.89. The van der Waals surface area contributed by atoms with Crippen LogP contribution in [0.25, 0.3) is 0 Å². The first-order valence-electron chi connectivity index (χ1n) is 7.24. The number of ether oxygens (including phenoxy) is 1. The van der Waals surface area contributed by atoms with Crippen LogP contribution in [0.1, 0.15) is 36.8 Å². The number of ketones is 1. The zero-order valence-corrected chi connectivity index (χ0v) is 13.2. The zero-order chi connectivity index (χ0) is 15.0. The van der Waals surface area contributed by atoms with Crippen LogP contribution in [0, 0.1) is 5.41 Å². The molecule has 4 nitrogen and oxygen atoms in total. The third-order valence-corrected chi connectivity index (χ3v) is 4.98. The number of hydrogen-bond acceptors (Lipinski definition) is 3. The van der Waals surface area contributed by atoms with Crippen LogP contribution in [0.2, 0.25) is 0 Å². The molecule has 1 saturated carbocycles. The third-order valence-electron chi connectivity index (χ3n) is 4.52. The summed E-state index contributed by atoms with van der Waals surface area (Å²) in [6.45, 7) is 0.618. The number of fused-ring (bicyclic) bond motifs is 1. The van der Waals surface area contributed by atoms with E-state index in [-0.39, 0.29) is 12.2 Å². The summed E-state index contributed by atoms with van der Waals surface area (Å²) in [5, 5.41) is 9.66. The van der Waals surface area contributed by atoms with E-state index in [4.69, 9.17) is 4.74 Å². The van der Waals surface area contributed by atoms with Crippen molar-refractivity contribution >= 4 is 27.7 Å². The molecule has 1 aliphatic carbocycles. The quantitative estimate of drug-likeness (QED) is 0.848. The Hall–Kier alpha value is -1.36. The molecular formula is C16H17BrO4. The minimum absolute atomic E-state index is 0.145. The SMILES string of the molecule is O=C(O)C1(Cc2cc(Br)cc3c2OCC3)CCCCC1=O. The molecule has 0 amide bonds. The summed E-state index contributed by atoms with van der Waals surface area (Å²) in [5.74, 6) is -0.371. The molecule has 0 aromatic heterocycles. The molecule has 1 fully saturated rings. The Morgan fingerprint density at radius 2 is 2.14 bits per heavy atom. The third kappa shape index (κ3) is 2.48. The average molecular weight is 353 g/mol. The zero-order valence-electron chi connectivity index (χ0n) is 11.7. The highest BCUT2D eigenvalue weighted by Gasteiger charge is 2.47. The fourth-order valence-electron chi connectivity index (χ4n) is 3.38. The van der Waals surface area contributed by atoms with Crippen molar-refractivity contribution in [3.63, 3.8) is 0 Å². The van der Waals surface area contributed by atoms with Crippen LogP contribution in [0.4, 0.5) is 0 Å². The van der Waals surface area contributed by atoms with Gasteiger partial charge in [-0.05, 0) is 42.5 Å². The van der Waals surface area contributed by atoms with Gasteiger partial charge >= 0.3 is 5.97 Å². The van der Waals surface area contributed by atoms with Crippen molar-refractivity contribution in [1.29, 1.82) is 0 Å². The van der Waals surface area contributed by atoms with Crippen LogP contribution >= 0.6 is 15.9 Å². The number of rotatable bonds is 3. The van der Waals surface area contributed by atoms with E-state index in [9.17, 15) is 14.7 Å². The standard InChI is InChI=1S/C16H17BrO4/c17-12-7-10-4-6-21-14(10)11(8-12)9-16(15(19)20)5-2-1-3-13(16)18/h7-8H,1-6,9H2,(H,19,20). The number of carbonyl (C=O) groups is 2. The van der Waals surface area contributed by atoms with E-state index in [0.717, 1.165) is 40.6 Å². The maximum atomic E-state index is 12.3. The van der Waals surface area contributed by atoms with E-state index in [1.54, 1.807) is 0 Å². The molecule has 1 aliphatic heterocycles. The first-order chi connectivity index (χ1) is 10.0. The lowest BCUT2D eigenvalue weighted by atomic mass is 9.69. The molecular weight excluding hydrogens is 336 g/mol. The van der Waals surface area contributed by atoms with Crippen molar-refractivity contribution < 1.29 is 19.4 Å². The van der Waals surface area contributed by atoms with Crippen LogP contribution in [0.5, 0.6) is 5.75 Å². The van der Waals surface area contributed by atoms with Crippen molar-refractivity contribution in [2.24, 2.45) is 5.41 Å². The number of hydrogen-bond donors (Lipinski definition) is 1. The van der Waals surface area contributed by atoms with Gasteiger partial charge in [-0.25, -0.2) is 0 Å². The molecule has 1 heterocycles. The van der Waals surface area contributed by atoms with Gasteiger partial charge in [0.2, 0.25) is 0 Å². The van der Waals surface area contributed by atoms with E-state index in [0.29, 0.717) is 19.4 Å². The molecule has 112 valence electrons. The molecule has 1 N–H and O–H groups in total. The maximum absolute atomic E-state index is 12.3. The Kier molecular flexibility index (Phi) is 3.78. The second kappa shape index (κ2) is 5.44. The number of carbonyl (C=O) groups excluding carboxylic acids is 1. The highest BCUT2D eigenvalue weighted by atomic mass is 79.9. The molecule has 1 aromatic rings. The molecule has 0 radical (unpaired) electrons. The van der Waals surface area contributed by atoms with Gasteiger partial charge in [0, 0.05) is 17.3 Å². The fourth-order valence-corrected chi connectivity index (χ4v) is 3.93. The number of halogens is 1. The van der Waals surface area contributed by atoms with Gasteiger partial charge < -0.3 is 9.84 Å². The van der Waals surface area contributed by atoms with Gasteiger partial charge in [0.05, 0.1) is 6.61 Å².